The number of non-ortho nitro benzene ring substituents is 1. The van der Waals surface area contributed by atoms with Gasteiger partial charge < -0.3 is 14.3 Å². The lowest BCUT2D eigenvalue weighted by atomic mass is 10.1. The van der Waals surface area contributed by atoms with E-state index in [2.05, 4.69) is 10.1 Å². The van der Waals surface area contributed by atoms with Gasteiger partial charge in [-0.25, -0.2) is 0 Å². The Morgan fingerprint density at radius 3 is 2.45 bits per heavy atom. The third-order valence-corrected chi connectivity index (χ3v) is 4.83. The van der Waals surface area contributed by atoms with E-state index in [0.29, 0.717) is 25.5 Å². The number of hydrogen-bond donors (Lipinski definition) is 0. The highest BCUT2D eigenvalue weighted by Gasteiger charge is 2.21. The van der Waals surface area contributed by atoms with Crippen molar-refractivity contribution in [2.45, 2.75) is 13.5 Å². The van der Waals surface area contributed by atoms with Crippen LogP contribution in [0.25, 0.3) is 0 Å². The fourth-order valence-electron chi connectivity index (χ4n) is 3.14. The van der Waals surface area contributed by atoms with E-state index in [1.54, 1.807) is 14.0 Å². The summed E-state index contributed by atoms with van der Waals surface area (Å²) in [5, 5.41) is 26.1. The number of oxime groups is 1. The molecule has 1 fully saturated rings. The standard InChI is InChI=1S/C20H22N4O7/c1-14(21-31-20-6-4-17(23(25)26)12-18(20)24(27)28)15-3-5-19(29-2)16(11-15)13-22-7-9-30-10-8-22/h3-6,11-12H,7-10,13H2,1-2H3. The summed E-state index contributed by atoms with van der Waals surface area (Å²) in [5.74, 6) is 0.562. The highest BCUT2D eigenvalue weighted by Crippen LogP contribution is 2.31. The van der Waals surface area contributed by atoms with Crippen LogP contribution in [-0.4, -0.2) is 53.9 Å². The van der Waals surface area contributed by atoms with Gasteiger partial charge in [-0.1, -0.05) is 5.16 Å². The SMILES string of the molecule is COc1ccc(C(C)=NOc2ccc([N+](=O)[O-])cc2[N+](=O)[O-])cc1CN1CCOCC1. The van der Waals surface area contributed by atoms with Gasteiger partial charge in [-0.2, -0.15) is 0 Å². The molecule has 2 aromatic rings. The van der Waals surface area contributed by atoms with Crippen LogP contribution in [0.15, 0.2) is 41.6 Å². The van der Waals surface area contributed by atoms with E-state index in [1.807, 2.05) is 18.2 Å². The molecule has 1 saturated heterocycles. The van der Waals surface area contributed by atoms with E-state index < -0.39 is 21.2 Å². The molecule has 0 saturated carbocycles. The molecule has 0 radical (unpaired) electrons. The van der Waals surface area contributed by atoms with Crippen LogP contribution in [0.5, 0.6) is 11.5 Å². The molecule has 0 N–H and O–H groups in total. The van der Waals surface area contributed by atoms with Crippen molar-refractivity contribution >= 4 is 17.1 Å². The van der Waals surface area contributed by atoms with Gasteiger partial charge >= 0.3 is 5.69 Å². The minimum atomic E-state index is -0.749. The summed E-state index contributed by atoms with van der Waals surface area (Å²) < 4.78 is 10.8. The van der Waals surface area contributed by atoms with Crippen LogP contribution in [0.4, 0.5) is 11.4 Å². The second-order valence-electron chi connectivity index (χ2n) is 6.85. The van der Waals surface area contributed by atoms with E-state index >= 15 is 0 Å². The number of nitro groups is 2. The van der Waals surface area contributed by atoms with Crippen molar-refractivity contribution in [3.63, 3.8) is 0 Å². The van der Waals surface area contributed by atoms with E-state index in [-0.39, 0.29) is 5.75 Å². The predicted octanol–water partition coefficient (Wildman–Crippen LogP) is 3.15. The van der Waals surface area contributed by atoms with Crippen molar-refractivity contribution in [3.05, 3.63) is 67.8 Å². The Balaban J connectivity index is 1.82. The molecule has 0 atom stereocenters. The number of rotatable bonds is 8. The van der Waals surface area contributed by atoms with Crippen LogP contribution in [-0.2, 0) is 11.3 Å². The first-order valence-electron chi connectivity index (χ1n) is 9.51. The number of ether oxygens (including phenoxy) is 2. The zero-order chi connectivity index (χ0) is 22.4. The van der Waals surface area contributed by atoms with Gasteiger partial charge in [0.15, 0.2) is 0 Å². The van der Waals surface area contributed by atoms with Crippen LogP contribution >= 0.6 is 0 Å². The second-order valence-corrected chi connectivity index (χ2v) is 6.85. The average Bonchev–Trinajstić information content (AvgIpc) is 2.77. The van der Waals surface area contributed by atoms with Gasteiger partial charge in [-0.05, 0) is 36.8 Å². The number of hydrogen-bond acceptors (Lipinski definition) is 9. The fourth-order valence-corrected chi connectivity index (χ4v) is 3.14. The van der Waals surface area contributed by atoms with Gasteiger partial charge in [0.25, 0.3) is 5.69 Å². The van der Waals surface area contributed by atoms with Crippen molar-refractivity contribution in [1.82, 2.24) is 4.90 Å². The molecule has 2 aromatic carbocycles. The number of methoxy groups -OCH3 is 1. The summed E-state index contributed by atoms with van der Waals surface area (Å²) in [6.45, 7) is 5.41. The summed E-state index contributed by atoms with van der Waals surface area (Å²) in [6, 6.07) is 8.70. The quantitative estimate of drug-likeness (QED) is 0.355. The molecule has 1 aliphatic rings. The molecule has 1 heterocycles. The molecule has 1 aliphatic heterocycles. The third-order valence-electron chi connectivity index (χ3n) is 4.83. The summed E-state index contributed by atoms with van der Waals surface area (Å²) >= 11 is 0. The molecule has 0 bridgehead atoms. The zero-order valence-electron chi connectivity index (χ0n) is 17.1. The van der Waals surface area contributed by atoms with Gasteiger partial charge in [-0.3, -0.25) is 25.1 Å². The minimum Gasteiger partial charge on any atom is -0.496 e. The molecule has 164 valence electrons. The van der Waals surface area contributed by atoms with Gasteiger partial charge in [-0.15, -0.1) is 0 Å². The zero-order valence-corrected chi connectivity index (χ0v) is 17.1. The number of benzene rings is 2. The van der Waals surface area contributed by atoms with Gasteiger partial charge in [0, 0.05) is 31.3 Å². The normalized spacial score (nSPS) is 14.8. The Labute approximate surface area is 178 Å². The minimum absolute atomic E-state index is 0.183. The molecule has 31 heavy (non-hydrogen) atoms. The Hall–Kier alpha value is -3.57. The molecule has 0 unspecified atom stereocenters. The van der Waals surface area contributed by atoms with Crippen molar-refractivity contribution in [2.75, 3.05) is 33.4 Å². The topological polar surface area (TPSA) is 130 Å². The summed E-state index contributed by atoms with van der Waals surface area (Å²) in [5.41, 5.74) is 1.28. The average molecular weight is 430 g/mol. The van der Waals surface area contributed by atoms with Crippen molar-refractivity contribution in [2.24, 2.45) is 5.16 Å². The van der Waals surface area contributed by atoms with Crippen LogP contribution in [0.3, 0.4) is 0 Å². The third kappa shape index (κ3) is 5.53. The van der Waals surface area contributed by atoms with Crippen LogP contribution < -0.4 is 9.57 Å². The molecule has 0 aliphatic carbocycles. The molecular weight excluding hydrogens is 408 g/mol. The number of nitrogens with zero attached hydrogens (tertiary/aromatic N) is 4. The van der Waals surface area contributed by atoms with Crippen molar-refractivity contribution < 1.29 is 24.2 Å². The Morgan fingerprint density at radius 2 is 1.81 bits per heavy atom. The van der Waals surface area contributed by atoms with Crippen LogP contribution in [0, 0.1) is 20.2 Å². The largest absolute Gasteiger partial charge is 0.496 e. The number of morpholine rings is 1. The molecule has 0 spiro atoms. The monoisotopic (exact) mass is 430 g/mol. The first-order chi connectivity index (χ1) is 14.9. The van der Waals surface area contributed by atoms with Crippen LogP contribution in [0.2, 0.25) is 0 Å². The lowest BCUT2D eigenvalue weighted by Crippen LogP contribution is -2.35. The van der Waals surface area contributed by atoms with E-state index in [4.69, 9.17) is 14.3 Å². The van der Waals surface area contributed by atoms with E-state index in [9.17, 15) is 20.2 Å². The maximum absolute atomic E-state index is 11.2. The van der Waals surface area contributed by atoms with Gasteiger partial charge in [0.2, 0.25) is 5.75 Å². The number of nitro benzene ring substituents is 2. The Bertz CT molecular complexity index is 1000. The first kappa shape index (κ1) is 22.1. The van der Waals surface area contributed by atoms with E-state index in [0.717, 1.165) is 48.2 Å². The van der Waals surface area contributed by atoms with Crippen LogP contribution in [0.1, 0.15) is 18.1 Å². The van der Waals surface area contributed by atoms with Crippen molar-refractivity contribution in [1.29, 1.82) is 0 Å². The predicted molar refractivity (Wildman–Crippen MR) is 112 cm³/mol. The summed E-state index contributed by atoms with van der Waals surface area (Å²) in [7, 11) is 1.61. The Morgan fingerprint density at radius 1 is 1.10 bits per heavy atom. The molecule has 3 rings (SSSR count). The fraction of sp³-hybridized carbons (Fsp3) is 0.350. The molecule has 11 heteroatoms. The highest BCUT2D eigenvalue weighted by molar-refractivity contribution is 5.98. The summed E-state index contributed by atoms with van der Waals surface area (Å²) in [4.78, 5) is 28.2. The molecule has 11 nitrogen and oxygen atoms in total. The molecule has 0 amide bonds. The maximum atomic E-state index is 11.2. The summed E-state index contributed by atoms with van der Waals surface area (Å²) in [6.07, 6.45) is 0. The van der Waals surface area contributed by atoms with Crippen molar-refractivity contribution in [3.8, 4) is 11.5 Å². The molecular formula is C20H22N4O7. The van der Waals surface area contributed by atoms with E-state index in [1.165, 1.54) is 0 Å². The van der Waals surface area contributed by atoms with Gasteiger partial charge in [0.1, 0.15) is 5.75 Å². The first-order valence-corrected chi connectivity index (χ1v) is 9.51. The Kier molecular flexibility index (Phi) is 7.11. The maximum Gasteiger partial charge on any atom is 0.321 e. The highest BCUT2D eigenvalue weighted by atomic mass is 16.7. The lowest BCUT2D eigenvalue weighted by molar-refractivity contribution is -0.394. The molecule has 0 aromatic heterocycles. The second kappa shape index (κ2) is 9.96. The van der Waals surface area contributed by atoms with Gasteiger partial charge in [0.05, 0.1) is 41.9 Å². The lowest BCUT2D eigenvalue weighted by Gasteiger charge is -2.27. The smallest absolute Gasteiger partial charge is 0.321 e.